The molecule has 1 saturated carbocycles. The molecule has 2 N–H and O–H groups in total. The first-order valence-electron chi connectivity index (χ1n) is 9.32. The lowest BCUT2D eigenvalue weighted by atomic mass is 10.1. The Morgan fingerprint density at radius 2 is 1.89 bits per heavy atom. The Bertz CT molecular complexity index is 816. The SMILES string of the molecule is Cc1ccc(C(N)=O)c(OCC(=O)N(Cc2ccccc2)[C@@H](C)C2CC2)c1. The molecule has 2 amide bonds. The normalized spacial score (nSPS) is 14.4. The molecule has 142 valence electrons. The molecule has 5 heteroatoms. The monoisotopic (exact) mass is 366 g/mol. The maximum Gasteiger partial charge on any atom is 0.261 e. The molecule has 1 aliphatic carbocycles. The van der Waals surface area contributed by atoms with Crippen LogP contribution in [0.25, 0.3) is 0 Å². The molecule has 0 spiro atoms. The molecule has 0 saturated heterocycles. The number of benzene rings is 2. The van der Waals surface area contributed by atoms with Crippen molar-refractivity contribution in [3.05, 3.63) is 65.2 Å². The Labute approximate surface area is 160 Å². The first-order chi connectivity index (χ1) is 13.0. The Morgan fingerprint density at radius 3 is 2.52 bits per heavy atom. The minimum absolute atomic E-state index is 0.0878. The molecule has 27 heavy (non-hydrogen) atoms. The number of primary amides is 1. The predicted octanol–water partition coefficient (Wildman–Crippen LogP) is 3.30. The molecule has 3 rings (SSSR count). The van der Waals surface area contributed by atoms with E-state index < -0.39 is 5.91 Å². The van der Waals surface area contributed by atoms with Crippen LogP contribution in [0, 0.1) is 12.8 Å². The summed E-state index contributed by atoms with van der Waals surface area (Å²) in [6.07, 6.45) is 2.31. The van der Waals surface area contributed by atoms with Gasteiger partial charge in [-0.2, -0.15) is 0 Å². The van der Waals surface area contributed by atoms with Crippen LogP contribution in [0.5, 0.6) is 5.75 Å². The van der Waals surface area contributed by atoms with Crippen molar-refractivity contribution in [2.24, 2.45) is 11.7 Å². The fourth-order valence-corrected chi connectivity index (χ4v) is 3.25. The number of nitrogens with two attached hydrogens (primary N) is 1. The number of aryl methyl sites for hydroxylation is 1. The van der Waals surface area contributed by atoms with Crippen molar-refractivity contribution in [2.75, 3.05) is 6.61 Å². The van der Waals surface area contributed by atoms with Crippen LogP contribution in [0.1, 0.15) is 41.3 Å². The summed E-state index contributed by atoms with van der Waals surface area (Å²) in [6.45, 7) is 4.43. The Kier molecular flexibility index (Phi) is 5.79. The zero-order chi connectivity index (χ0) is 19.4. The first kappa shape index (κ1) is 19.0. The van der Waals surface area contributed by atoms with Crippen molar-refractivity contribution in [2.45, 2.75) is 39.3 Å². The summed E-state index contributed by atoms with van der Waals surface area (Å²) in [5.41, 5.74) is 7.73. The first-order valence-corrected chi connectivity index (χ1v) is 9.32. The van der Waals surface area contributed by atoms with E-state index in [1.54, 1.807) is 18.2 Å². The van der Waals surface area contributed by atoms with Gasteiger partial charge in [-0.25, -0.2) is 0 Å². The third-order valence-electron chi connectivity index (χ3n) is 5.07. The van der Waals surface area contributed by atoms with Gasteiger partial charge in [0.25, 0.3) is 11.8 Å². The van der Waals surface area contributed by atoms with E-state index in [0.717, 1.165) is 24.0 Å². The fourth-order valence-electron chi connectivity index (χ4n) is 3.25. The summed E-state index contributed by atoms with van der Waals surface area (Å²) < 4.78 is 5.72. The van der Waals surface area contributed by atoms with Crippen molar-refractivity contribution in [1.82, 2.24) is 4.90 Å². The molecule has 0 bridgehead atoms. The van der Waals surface area contributed by atoms with E-state index in [4.69, 9.17) is 10.5 Å². The van der Waals surface area contributed by atoms with Crippen LogP contribution < -0.4 is 10.5 Å². The summed E-state index contributed by atoms with van der Waals surface area (Å²) in [4.78, 5) is 26.4. The van der Waals surface area contributed by atoms with Gasteiger partial charge in [0.15, 0.2) is 6.61 Å². The number of amides is 2. The number of ether oxygens (including phenoxy) is 1. The number of hydrogen-bond donors (Lipinski definition) is 1. The largest absolute Gasteiger partial charge is 0.483 e. The smallest absolute Gasteiger partial charge is 0.261 e. The van der Waals surface area contributed by atoms with Gasteiger partial charge in [-0.1, -0.05) is 36.4 Å². The third kappa shape index (κ3) is 4.88. The van der Waals surface area contributed by atoms with Crippen molar-refractivity contribution >= 4 is 11.8 Å². The summed E-state index contributed by atoms with van der Waals surface area (Å²) in [5.74, 6) is 0.257. The van der Waals surface area contributed by atoms with E-state index in [-0.39, 0.29) is 18.6 Å². The molecule has 0 aromatic heterocycles. The van der Waals surface area contributed by atoms with Crippen LogP contribution in [0.15, 0.2) is 48.5 Å². The number of carbonyl (C=O) groups excluding carboxylic acids is 2. The van der Waals surface area contributed by atoms with E-state index in [1.165, 1.54) is 0 Å². The van der Waals surface area contributed by atoms with Crippen LogP contribution in [-0.4, -0.2) is 29.4 Å². The lowest BCUT2D eigenvalue weighted by Crippen LogP contribution is -2.42. The van der Waals surface area contributed by atoms with Crippen LogP contribution in [0.3, 0.4) is 0 Å². The Balaban J connectivity index is 1.73. The Hall–Kier alpha value is -2.82. The zero-order valence-corrected chi connectivity index (χ0v) is 15.9. The molecule has 2 aromatic rings. The highest BCUT2D eigenvalue weighted by atomic mass is 16.5. The highest BCUT2D eigenvalue weighted by Gasteiger charge is 2.34. The second kappa shape index (κ2) is 8.25. The molecule has 0 radical (unpaired) electrons. The molecule has 0 aliphatic heterocycles. The second-order valence-electron chi connectivity index (χ2n) is 7.24. The molecular formula is C22H26N2O3. The van der Waals surface area contributed by atoms with Crippen molar-refractivity contribution in [3.8, 4) is 5.75 Å². The quantitative estimate of drug-likeness (QED) is 0.779. The van der Waals surface area contributed by atoms with Crippen LogP contribution in [0.2, 0.25) is 0 Å². The number of hydrogen-bond acceptors (Lipinski definition) is 3. The molecule has 1 aliphatic rings. The highest BCUT2D eigenvalue weighted by molar-refractivity contribution is 5.95. The predicted molar refractivity (Wildman–Crippen MR) is 104 cm³/mol. The van der Waals surface area contributed by atoms with Gasteiger partial charge in [-0.15, -0.1) is 0 Å². The van der Waals surface area contributed by atoms with Crippen molar-refractivity contribution < 1.29 is 14.3 Å². The van der Waals surface area contributed by atoms with E-state index in [2.05, 4.69) is 6.92 Å². The van der Waals surface area contributed by atoms with Gasteiger partial charge in [0.1, 0.15) is 5.75 Å². The van der Waals surface area contributed by atoms with Crippen molar-refractivity contribution in [1.29, 1.82) is 0 Å². The minimum Gasteiger partial charge on any atom is -0.483 e. The second-order valence-corrected chi connectivity index (χ2v) is 7.24. The fraction of sp³-hybridized carbons (Fsp3) is 0.364. The van der Waals surface area contributed by atoms with Crippen molar-refractivity contribution in [3.63, 3.8) is 0 Å². The summed E-state index contributed by atoms with van der Waals surface area (Å²) in [6, 6.07) is 15.3. The molecule has 1 atom stereocenters. The summed E-state index contributed by atoms with van der Waals surface area (Å²) >= 11 is 0. The van der Waals surface area contributed by atoms with Crippen LogP contribution in [-0.2, 0) is 11.3 Å². The molecule has 0 unspecified atom stereocenters. The minimum atomic E-state index is -0.565. The standard InChI is InChI=1S/C22H26N2O3/c1-15-8-11-19(22(23)26)20(12-15)27-14-21(25)24(16(2)18-9-10-18)13-17-6-4-3-5-7-17/h3-8,11-12,16,18H,9-10,13-14H2,1-2H3,(H2,23,26)/t16-/m0/s1. The van der Waals surface area contributed by atoms with Crippen LogP contribution >= 0.6 is 0 Å². The van der Waals surface area contributed by atoms with Gasteiger partial charge >= 0.3 is 0 Å². The highest BCUT2D eigenvalue weighted by Crippen LogP contribution is 2.35. The lowest BCUT2D eigenvalue weighted by molar-refractivity contribution is -0.136. The molecular weight excluding hydrogens is 340 g/mol. The summed E-state index contributed by atoms with van der Waals surface area (Å²) in [5, 5.41) is 0. The average Bonchev–Trinajstić information content (AvgIpc) is 3.49. The molecule has 2 aromatic carbocycles. The van der Waals surface area contributed by atoms with Crippen LogP contribution in [0.4, 0.5) is 0 Å². The zero-order valence-electron chi connectivity index (χ0n) is 15.9. The lowest BCUT2D eigenvalue weighted by Gasteiger charge is -2.29. The average molecular weight is 366 g/mol. The maximum absolute atomic E-state index is 12.9. The van der Waals surface area contributed by atoms with Gasteiger partial charge < -0.3 is 15.4 Å². The maximum atomic E-state index is 12.9. The number of nitrogens with zero attached hydrogens (tertiary/aromatic N) is 1. The molecule has 5 nitrogen and oxygen atoms in total. The Morgan fingerprint density at radius 1 is 1.19 bits per heavy atom. The van der Waals surface area contributed by atoms with Gasteiger partial charge in [0.2, 0.25) is 0 Å². The number of carbonyl (C=O) groups is 2. The summed E-state index contributed by atoms with van der Waals surface area (Å²) in [7, 11) is 0. The van der Waals surface area contributed by atoms with E-state index >= 15 is 0 Å². The van der Waals surface area contributed by atoms with E-state index in [9.17, 15) is 9.59 Å². The number of rotatable bonds is 8. The van der Waals surface area contributed by atoms with Gasteiger partial charge in [-0.05, 0) is 55.9 Å². The van der Waals surface area contributed by atoms with Gasteiger partial charge in [0.05, 0.1) is 5.56 Å². The van der Waals surface area contributed by atoms with E-state index in [0.29, 0.717) is 23.8 Å². The van der Waals surface area contributed by atoms with Gasteiger partial charge in [-0.3, -0.25) is 9.59 Å². The molecule has 1 fully saturated rings. The molecule has 0 heterocycles. The van der Waals surface area contributed by atoms with E-state index in [1.807, 2.05) is 42.2 Å². The van der Waals surface area contributed by atoms with Gasteiger partial charge in [0, 0.05) is 12.6 Å². The third-order valence-corrected chi connectivity index (χ3v) is 5.07. The topological polar surface area (TPSA) is 72.6 Å².